The summed E-state index contributed by atoms with van der Waals surface area (Å²) >= 11 is 1.87. The van der Waals surface area contributed by atoms with E-state index in [0.717, 1.165) is 28.2 Å². The number of phenols is 1. The SMILES string of the molecule is CCCC(C)(C)CCSCCOC(=O)CCc1cc(C(C)(C)C)c(O)c(C(C)(C)C)c1. The highest BCUT2D eigenvalue weighted by Crippen LogP contribution is 2.40. The maximum absolute atomic E-state index is 12.2. The van der Waals surface area contributed by atoms with Crippen molar-refractivity contribution in [2.45, 2.75) is 105 Å². The van der Waals surface area contributed by atoms with Crippen LogP contribution in [-0.2, 0) is 26.8 Å². The number of hydrogen-bond acceptors (Lipinski definition) is 4. The van der Waals surface area contributed by atoms with Gasteiger partial charge in [0, 0.05) is 12.2 Å². The van der Waals surface area contributed by atoms with Crippen molar-refractivity contribution in [2.75, 3.05) is 18.1 Å². The number of carbonyl (C=O) groups excluding carboxylic acids is 1. The van der Waals surface area contributed by atoms with Crippen LogP contribution in [0.5, 0.6) is 5.75 Å². The van der Waals surface area contributed by atoms with Gasteiger partial charge in [0.2, 0.25) is 0 Å². The zero-order valence-corrected chi connectivity index (χ0v) is 22.3. The highest BCUT2D eigenvalue weighted by molar-refractivity contribution is 7.99. The third kappa shape index (κ3) is 9.89. The predicted molar refractivity (Wildman–Crippen MR) is 135 cm³/mol. The van der Waals surface area contributed by atoms with E-state index in [1.807, 2.05) is 23.9 Å². The lowest BCUT2D eigenvalue weighted by Crippen LogP contribution is -2.18. The van der Waals surface area contributed by atoms with E-state index in [4.69, 9.17) is 4.74 Å². The van der Waals surface area contributed by atoms with Gasteiger partial charge in [-0.3, -0.25) is 4.79 Å². The summed E-state index contributed by atoms with van der Waals surface area (Å²) in [5.74, 6) is 2.21. The monoisotopic (exact) mass is 450 g/mol. The first-order chi connectivity index (χ1) is 14.2. The first-order valence-corrected chi connectivity index (χ1v) is 12.9. The Bertz CT molecular complexity index is 673. The minimum atomic E-state index is -0.163. The number of thioether (sulfide) groups is 1. The summed E-state index contributed by atoms with van der Waals surface area (Å²) in [5, 5.41) is 10.8. The molecule has 1 aromatic rings. The van der Waals surface area contributed by atoms with Gasteiger partial charge in [-0.1, -0.05) is 80.9 Å². The Hall–Kier alpha value is -1.16. The molecule has 0 saturated carbocycles. The van der Waals surface area contributed by atoms with Gasteiger partial charge in [0.15, 0.2) is 0 Å². The minimum Gasteiger partial charge on any atom is -0.507 e. The van der Waals surface area contributed by atoms with Gasteiger partial charge < -0.3 is 9.84 Å². The lowest BCUT2D eigenvalue weighted by Gasteiger charge is -2.28. The highest BCUT2D eigenvalue weighted by Gasteiger charge is 2.26. The van der Waals surface area contributed by atoms with Crippen LogP contribution in [0.1, 0.15) is 105 Å². The van der Waals surface area contributed by atoms with Crippen LogP contribution in [0.15, 0.2) is 12.1 Å². The normalized spacial score (nSPS) is 12.8. The Morgan fingerprint density at radius 3 is 1.97 bits per heavy atom. The fourth-order valence-corrected chi connectivity index (χ4v) is 4.87. The number of benzene rings is 1. The molecule has 0 aromatic heterocycles. The van der Waals surface area contributed by atoms with Gasteiger partial charge in [-0.05, 0) is 58.0 Å². The lowest BCUT2D eigenvalue weighted by molar-refractivity contribution is -0.142. The molecule has 178 valence electrons. The first kappa shape index (κ1) is 27.9. The van der Waals surface area contributed by atoms with Crippen molar-refractivity contribution in [2.24, 2.45) is 5.41 Å². The number of carbonyl (C=O) groups is 1. The topological polar surface area (TPSA) is 46.5 Å². The standard InChI is InChI=1S/C27H46O3S/c1-10-13-27(8,9)14-16-31-17-15-30-23(28)12-11-20-18-21(25(2,3)4)24(29)22(19-20)26(5,6)7/h18-19,29H,10-17H2,1-9H3. The molecule has 3 nitrogen and oxygen atoms in total. The summed E-state index contributed by atoms with van der Waals surface area (Å²) in [4.78, 5) is 12.2. The average molecular weight is 451 g/mol. The number of esters is 1. The second kappa shape index (κ2) is 11.6. The van der Waals surface area contributed by atoms with Crippen LogP contribution >= 0.6 is 11.8 Å². The van der Waals surface area contributed by atoms with Crippen molar-refractivity contribution in [3.05, 3.63) is 28.8 Å². The fourth-order valence-electron chi connectivity index (χ4n) is 3.77. The lowest BCUT2D eigenvalue weighted by atomic mass is 9.78. The third-order valence-corrected chi connectivity index (χ3v) is 6.69. The quantitative estimate of drug-likeness (QED) is 0.281. The van der Waals surface area contributed by atoms with Gasteiger partial charge in [-0.2, -0.15) is 11.8 Å². The van der Waals surface area contributed by atoms with E-state index in [-0.39, 0.29) is 16.8 Å². The van der Waals surface area contributed by atoms with Gasteiger partial charge in [0.05, 0.1) is 0 Å². The third-order valence-electron chi connectivity index (χ3n) is 5.74. The fraction of sp³-hybridized carbons (Fsp3) is 0.741. The van der Waals surface area contributed by atoms with E-state index >= 15 is 0 Å². The van der Waals surface area contributed by atoms with Crippen molar-refractivity contribution >= 4 is 17.7 Å². The van der Waals surface area contributed by atoms with Crippen molar-refractivity contribution in [1.82, 2.24) is 0 Å². The highest BCUT2D eigenvalue weighted by atomic mass is 32.2. The smallest absolute Gasteiger partial charge is 0.306 e. The van der Waals surface area contributed by atoms with Crippen molar-refractivity contribution in [3.63, 3.8) is 0 Å². The van der Waals surface area contributed by atoms with E-state index in [1.165, 1.54) is 19.3 Å². The Kier molecular flexibility index (Phi) is 10.5. The number of ether oxygens (including phenoxy) is 1. The number of aryl methyl sites for hydroxylation is 1. The van der Waals surface area contributed by atoms with Crippen molar-refractivity contribution in [3.8, 4) is 5.75 Å². The molecule has 0 unspecified atom stereocenters. The summed E-state index contributed by atoms with van der Waals surface area (Å²) in [7, 11) is 0. The summed E-state index contributed by atoms with van der Waals surface area (Å²) in [5.41, 5.74) is 3.03. The molecule has 0 aliphatic carbocycles. The maximum atomic E-state index is 12.2. The van der Waals surface area contributed by atoms with Crippen LogP contribution in [0.4, 0.5) is 0 Å². The molecule has 0 heterocycles. The average Bonchev–Trinajstić information content (AvgIpc) is 2.61. The van der Waals surface area contributed by atoms with Crippen molar-refractivity contribution in [1.29, 1.82) is 0 Å². The van der Waals surface area contributed by atoms with Gasteiger partial charge >= 0.3 is 5.97 Å². The van der Waals surface area contributed by atoms with Crippen LogP contribution in [0.2, 0.25) is 0 Å². The van der Waals surface area contributed by atoms with Crippen LogP contribution in [0.3, 0.4) is 0 Å². The number of phenolic OH excluding ortho intramolecular Hbond substituents is 1. The Morgan fingerprint density at radius 1 is 0.935 bits per heavy atom. The van der Waals surface area contributed by atoms with Gasteiger partial charge in [0.1, 0.15) is 12.4 Å². The molecule has 0 aliphatic rings. The second-order valence-corrected chi connectivity index (χ2v) is 12.8. The van der Waals surface area contributed by atoms with Gasteiger partial charge in [0.25, 0.3) is 0 Å². The van der Waals surface area contributed by atoms with Crippen molar-refractivity contribution < 1.29 is 14.6 Å². The largest absolute Gasteiger partial charge is 0.507 e. The first-order valence-electron chi connectivity index (χ1n) is 11.8. The molecule has 0 aliphatic heterocycles. The van der Waals surface area contributed by atoms with Crippen LogP contribution < -0.4 is 0 Å². The Balaban J connectivity index is 2.56. The molecule has 4 heteroatoms. The summed E-state index contributed by atoms with van der Waals surface area (Å²) in [6.07, 6.45) is 4.68. The molecule has 1 N–H and O–H groups in total. The Morgan fingerprint density at radius 2 is 1.48 bits per heavy atom. The van der Waals surface area contributed by atoms with E-state index < -0.39 is 0 Å². The molecule has 0 atom stereocenters. The van der Waals surface area contributed by atoms with Gasteiger partial charge in [-0.25, -0.2) is 0 Å². The summed E-state index contributed by atoms with van der Waals surface area (Å²) in [6.45, 7) is 20.0. The van der Waals surface area contributed by atoms with Gasteiger partial charge in [-0.15, -0.1) is 0 Å². The maximum Gasteiger partial charge on any atom is 0.306 e. The van der Waals surface area contributed by atoms with E-state index in [9.17, 15) is 9.90 Å². The predicted octanol–water partition coefficient (Wildman–Crippen LogP) is 7.41. The molecular formula is C27H46O3S. The van der Waals surface area contributed by atoms with E-state index in [1.54, 1.807) is 0 Å². The minimum absolute atomic E-state index is 0.144. The molecule has 1 rings (SSSR count). The molecule has 0 spiro atoms. The molecule has 1 aromatic carbocycles. The zero-order chi connectivity index (χ0) is 23.9. The van der Waals surface area contributed by atoms with Crippen LogP contribution in [-0.4, -0.2) is 29.2 Å². The number of hydrogen-bond donors (Lipinski definition) is 1. The molecule has 0 fully saturated rings. The Labute approximate surface area is 195 Å². The molecule has 0 saturated heterocycles. The number of rotatable bonds is 11. The molecule has 31 heavy (non-hydrogen) atoms. The van der Waals surface area contributed by atoms with E-state index in [0.29, 0.717) is 30.6 Å². The number of aromatic hydroxyl groups is 1. The van der Waals surface area contributed by atoms with Crippen LogP contribution in [0, 0.1) is 5.41 Å². The second-order valence-electron chi connectivity index (χ2n) is 11.5. The summed E-state index contributed by atoms with van der Waals surface area (Å²) < 4.78 is 5.45. The molecular weight excluding hydrogens is 404 g/mol. The molecule has 0 radical (unpaired) electrons. The molecule has 0 bridgehead atoms. The summed E-state index contributed by atoms with van der Waals surface area (Å²) in [6, 6.07) is 4.09. The van der Waals surface area contributed by atoms with E-state index in [2.05, 4.69) is 62.3 Å². The zero-order valence-electron chi connectivity index (χ0n) is 21.5. The molecule has 0 amide bonds. The van der Waals surface area contributed by atoms with Crippen LogP contribution in [0.25, 0.3) is 0 Å².